The van der Waals surface area contributed by atoms with Crippen molar-refractivity contribution in [3.63, 3.8) is 0 Å². The Balaban J connectivity index is 3.83. The van der Waals surface area contributed by atoms with Crippen LogP contribution >= 0.6 is 0 Å². The van der Waals surface area contributed by atoms with Crippen molar-refractivity contribution in [1.29, 1.82) is 0 Å². The number of carbonyl (C=O) groups is 1. The average Bonchev–Trinajstić information content (AvgIpc) is 2.49. The highest BCUT2D eigenvalue weighted by Crippen LogP contribution is 2.19. The zero-order valence-electron chi connectivity index (χ0n) is 14.5. The molecule has 21 heavy (non-hydrogen) atoms. The van der Waals surface area contributed by atoms with Crippen molar-refractivity contribution in [3.05, 3.63) is 0 Å². The van der Waals surface area contributed by atoms with Crippen LogP contribution < -0.4 is 0 Å². The summed E-state index contributed by atoms with van der Waals surface area (Å²) in [6.07, 6.45) is 11.3. The number of carbonyl (C=O) groups excluding carboxylic acids is 1. The number of esters is 1. The topological polar surface area (TPSA) is 35.5 Å². The number of hydrogen-bond donors (Lipinski definition) is 0. The van der Waals surface area contributed by atoms with Crippen molar-refractivity contribution in [2.45, 2.75) is 85.0 Å². The molecule has 0 rings (SSSR count). The van der Waals surface area contributed by atoms with Crippen molar-refractivity contribution < 1.29 is 14.3 Å². The van der Waals surface area contributed by atoms with E-state index in [1.54, 1.807) is 0 Å². The van der Waals surface area contributed by atoms with Crippen LogP contribution in [-0.4, -0.2) is 25.8 Å². The molecule has 0 saturated heterocycles. The molecule has 0 aliphatic carbocycles. The van der Waals surface area contributed by atoms with Gasteiger partial charge < -0.3 is 9.47 Å². The first-order valence-corrected chi connectivity index (χ1v) is 9.00. The van der Waals surface area contributed by atoms with Crippen molar-refractivity contribution in [2.75, 3.05) is 19.8 Å². The summed E-state index contributed by atoms with van der Waals surface area (Å²) in [5.74, 6) is 0.0801. The Kier molecular flexibility index (Phi) is 15.4. The number of ether oxygens (including phenoxy) is 2. The van der Waals surface area contributed by atoms with Gasteiger partial charge in [0, 0.05) is 6.61 Å². The van der Waals surface area contributed by atoms with Gasteiger partial charge in [-0.3, -0.25) is 4.79 Å². The molecule has 0 aromatic rings. The Morgan fingerprint density at radius 2 is 1.43 bits per heavy atom. The molecule has 0 radical (unpaired) electrons. The van der Waals surface area contributed by atoms with Crippen LogP contribution in [0.2, 0.25) is 0 Å². The second-order valence-corrected chi connectivity index (χ2v) is 5.82. The SMILES string of the molecule is CCCCCCC(CCCC)C(=O)OCCOCCCC. The molecule has 0 aliphatic rings. The zero-order chi connectivity index (χ0) is 15.8. The van der Waals surface area contributed by atoms with Crippen LogP contribution in [0.4, 0.5) is 0 Å². The lowest BCUT2D eigenvalue weighted by atomic mass is 9.95. The monoisotopic (exact) mass is 300 g/mol. The molecule has 0 aromatic carbocycles. The average molecular weight is 300 g/mol. The molecule has 1 unspecified atom stereocenters. The third-order valence-corrected chi connectivity index (χ3v) is 3.76. The lowest BCUT2D eigenvalue weighted by Crippen LogP contribution is -2.20. The van der Waals surface area contributed by atoms with Crippen LogP contribution in [0.5, 0.6) is 0 Å². The van der Waals surface area contributed by atoms with Crippen molar-refractivity contribution in [1.82, 2.24) is 0 Å². The van der Waals surface area contributed by atoms with E-state index in [0.29, 0.717) is 13.2 Å². The fraction of sp³-hybridized carbons (Fsp3) is 0.944. The summed E-state index contributed by atoms with van der Waals surface area (Å²) in [5.41, 5.74) is 0. The molecule has 0 fully saturated rings. The van der Waals surface area contributed by atoms with Gasteiger partial charge in [0.1, 0.15) is 6.61 Å². The first-order valence-electron chi connectivity index (χ1n) is 9.00. The van der Waals surface area contributed by atoms with Crippen molar-refractivity contribution in [2.24, 2.45) is 5.92 Å². The molecule has 0 heterocycles. The lowest BCUT2D eigenvalue weighted by Gasteiger charge is -2.15. The number of rotatable bonds is 15. The second kappa shape index (κ2) is 15.8. The quantitative estimate of drug-likeness (QED) is 0.311. The van der Waals surface area contributed by atoms with Crippen LogP contribution in [0.15, 0.2) is 0 Å². The van der Waals surface area contributed by atoms with Gasteiger partial charge in [0.05, 0.1) is 12.5 Å². The van der Waals surface area contributed by atoms with Crippen molar-refractivity contribution in [3.8, 4) is 0 Å². The summed E-state index contributed by atoms with van der Waals surface area (Å²) >= 11 is 0. The van der Waals surface area contributed by atoms with Gasteiger partial charge in [-0.1, -0.05) is 65.7 Å². The molecule has 1 atom stereocenters. The molecule has 3 heteroatoms. The van der Waals surface area contributed by atoms with Crippen molar-refractivity contribution >= 4 is 5.97 Å². The highest BCUT2D eigenvalue weighted by molar-refractivity contribution is 5.72. The predicted octanol–water partition coefficient (Wildman–Crippen LogP) is 5.12. The minimum atomic E-state index is -0.0148. The first-order chi connectivity index (χ1) is 10.3. The highest BCUT2D eigenvalue weighted by Gasteiger charge is 2.18. The molecule has 0 saturated carbocycles. The van der Waals surface area contributed by atoms with Crippen LogP contribution in [0.1, 0.15) is 85.0 Å². The van der Waals surface area contributed by atoms with Gasteiger partial charge in [-0.05, 0) is 19.3 Å². The van der Waals surface area contributed by atoms with E-state index in [1.807, 2.05) is 0 Å². The van der Waals surface area contributed by atoms with Gasteiger partial charge in [-0.25, -0.2) is 0 Å². The normalized spacial score (nSPS) is 12.3. The molecule has 0 amide bonds. The molecule has 0 aromatic heterocycles. The van der Waals surface area contributed by atoms with Crippen LogP contribution in [-0.2, 0) is 14.3 Å². The minimum absolute atomic E-state index is 0.0148. The van der Waals surface area contributed by atoms with Gasteiger partial charge in [0.2, 0.25) is 0 Å². The smallest absolute Gasteiger partial charge is 0.309 e. The standard InChI is InChI=1S/C18H36O3/c1-4-7-10-11-13-17(12-8-5-2)18(19)21-16-15-20-14-9-6-3/h17H,4-16H2,1-3H3. The molecule has 3 nitrogen and oxygen atoms in total. The maximum Gasteiger partial charge on any atom is 0.309 e. The second-order valence-electron chi connectivity index (χ2n) is 5.82. The Bertz CT molecular complexity index is 229. The fourth-order valence-electron chi connectivity index (χ4n) is 2.32. The molecular formula is C18H36O3. The van der Waals surface area contributed by atoms with Gasteiger partial charge in [0.15, 0.2) is 0 Å². The third kappa shape index (κ3) is 12.9. The predicted molar refractivity (Wildman–Crippen MR) is 88.5 cm³/mol. The molecular weight excluding hydrogens is 264 g/mol. The van der Waals surface area contributed by atoms with E-state index in [9.17, 15) is 4.79 Å². The van der Waals surface area contributed by atoms with Gasteiger partial charge in [-0.15, -0.1) is 0 Å². The summed E-state index contributed by atoms with van der Waals surface area (Å²) in [4.78, 5) is 12.1. The largest absolute Gasteiger partial charge is 0.463 e. The number of hydrogen-bond acceptors (Lipinski definition) is 3. The number of unbranched alkanes of at least 4 members (excludes halogenated alkanes) is 5. The Morgan fingerprint density at radius 1 is 0.762 bits per heavy atom. The summed E-state index contributed by atoms with van der Waals surface area (Å²) in [6.45, 7) is 8.22. The maximum absolute atomic E-state index is 12.1. The van der Waals surface area contributed by atoms with E-state index in [1.165, 1.54) is 19.3 Å². The lowest BCUT2D eigenvalue weighted by molar-refractivity contribution is -0.150. The van der Waals surface area contributed by atoms with Gasteiger partial charge >= 0.3 is 5.97 Å². The zero-order valence-corrected chi connectivity index (χ0v) is 14.5. The van der Waals surface area contributed by atoms with E-state index in [4.69, 9.17) is 9.47 Å². The van der Waals surface area contributed by atoms with Gasteiger partial charge in [0.25, 0.3) is 0 Å². The van der Waals surface area contributed by atoms with Crippen LogP contribution in [0, 0.1) is 5.92 Å². The minimum Gasteiger partial charge on any atom is -0.463 e. The summed E-state index contributed by atoms with van der Waals surface area (Å²) < 4.78 is 10.8. The fourth-order valence-corrected chi connectivity index (χ4v) is 2.32. The molecule has 0 aliphatic heterocycles. The van der Waals surface area contributed by atoms with E-state index < -0.39 is 0 Å². The van der Waals surface area contributed by atoms with Gasteiger partial charge in [-0.2, -0.15) is 0 Å². The Hall–Kier alpha value is -0.570. The molecule has 0 N–H and O–H groups in total. The highest BCUT2D eigenvalue weighted by atomic mass is 16.6. The Labute approximate surface area is 131 Å². The van der Waals surface area contributed by atoms with Crippen LogP contribution in [0.25, 0.3) is 0 Å². The summed E-state index contributed by atoms with van der Waals surface area (Å²) in [7, 11) is 0. The van der Waals surface area contributed by atoms with E-state index in [2.05, 4.69) is 20.8 Å². The Morgan fingerprint density at radius 3 is 2.10 bits per heavy atom. The van der Waals surface area contributed by atoms with E-state index in [0.717, 1.165) is 51.6 Å². The molecule has 0 spiro atoms. The summed E-state index contributed by atoms with van der Waals surface area (Å²) in [5, 5.41) is 0. The van der Waals surface area contributed by atoms with E-state index >= 15 is 0 Å². The van der Waals surface area contributed by atoms with Crippen LogP contribution in [0.3, 0.4) is 0 Å². The van der Waals surface area contributed by atoms with E-state index in [-0.39, 0.29) is 11.9 Å². The maximum atomic E-state index is 12.1. The summed E-state index contributed by atoms with van der Waals surface area (Å²) in [6, 6.07) is 0. The first kappa shape index (κ1) is 20.4. The molecule has 0 bridgehead atoms. The third-order valence-electron chi connectivity index (χ3n) is 3.76. The molecule has 126 valence electrons.